The second-order valence-corrected chi connectivity index (χ2v) is 25.5. The first-order chi connectivity index (χ1) is 37.4. The third-order valence-electron chi connectivity index (χ3n) is 15.1. The van der Waals surface area contributed by atoms with Gasteiger partial charge in [0.1, 0.15) is 19.3 Å². The maximum Gasteiger partial charge on any atom is 0.472 e. The summed E-state index contributed by atoms with van der Waals surface area (Å²) in [6, 6.07) is -0.843. The Balaban J connectivity index is 5.04. The Labute approximate surface area is 478 Å². The summed E-state index contributed by atoms with van der Waals surface area (Å²) in [4.78, 5) is 37.7. The number of likely N-dealkylation sites (N-methyl/N-ethyl adjacent to an activating group) is 1. The summed E-state index contributed by atoms with van der Waals surface area (Å²) in [6.45, 7) is 7.03. The molecule has 0 bridgehead atoms. The highest BCUT2D eigenvalue weighted by atomic mass is 31.2. The lowest BCUT2D eigenvalue weighted by molar-refractivity contribution is -0.870. The first-order valence-electron chi connectivity index (χ1n) is 33.3. The van der Waals surface area contributed by atoms with Crippen molar-refractivity contribution in [3.63, 3.8) is 0 Å². The molecule has 3 unspecified atom stereocenters. The van der Waals surface area contributed by atoms with Crippen molar-refractivity contribution in [3.05, 3.63) is 36.5 Å². The van der Waals surface area contributed by atoms with Crippen LogP contribution in [-0.4, -0.2) is 74.3 Å². The number of amides is 1. The highest BCUT2D eigenvalue weighted by Crippen LogP contribution is 2.43. The van der Waals surface area contributed by atoms with Crippen molar-refractivity contribution in [2.45, 2.75) is 341 Å². The Kier molecular flexibility index (Phi) is 56.1. The van der Waals surface area contributed by atoms with Crippen molar-refractivity contribution < 1.29 is 37.3 Å². The van der Waals surface area contributed by atoms with E-state index in [0.29, 0.717) is 23.9 Å². The summed E-state index contributed by atoms with van der Waals surface area (Å²) in [7, 11) is 1.51. The number of allylic oxidation sites excluding steroid dienone is 5. The minimum Gasteiger partial charge on any atom is -0.456 e. The summed E-state index contributed by atoms with van der Waals surface area (Å²) >= 11 is 0. The number of phosphoric ester groups is 1. The van der Waals surface area contributed by atoms with Gasteiger partial charge in [-0.3, -0.25) is 18.6 Å². The SMILES string of the molecule is CCCCC/C=C\C/C=C\CCCCCCCCCCCCCCCCCC(=O)OC(/C=C\CCCCCCCCCCCC)C(COP(=O)(O)OCC[N+](C)(C)C)NC(=O)CCCCCCCCCCCCCCCC. The predicted molar refractivity (Wildman–Crippen MR) is 332 cm³/mol. The molecular weight excluding hydrogens is 976 g/mol. The van der Waals surface area contributed by atoms with Crippen LogP contribution in [-0.2, 0) is 27.9 Å². The highest BCUT2D eigenvalue weighted by molar-refractivity contribution is 7.47. The Morgan fingerprint density at radius 2 is 0.792 bits per heavy atom. The van der Waals surface area contributed by atoms with E-state index >= 15 is 0 Å². The lowest BCUT2D eigenvalue weighted by Crippen LogP contribution is -2.47. The van der Waals surface area contributed by atoms with Gasteiger partial charge >= 0.3 is 13.8 Å². The normalized spacial score (nSPS) is 13.8. The maximum absolute atomic E-state index is 13.5. The summed E-state index contributed by atoms with van der Waals surface area (Å²) in [5.41, 5.74) is 0. The number of unbranched alkanes of at least 4 members (excludes halogenated alkanes) is 41. The zero-order valence-corrected chi connectivity index (χ0v) is 52.9. The third-order valence-corrected chi connectivity index (χ3v) is 16.1. The molecule has 0 heterocycles. The molecule has 2 N–H and O–H groups in total. The number of hydrogen-bond donors (Lipinski definition) is 2. The average molecular weight is 1110 g/mol. The lowest BCUT2D eigenvalue weighted by Gasteiger charge is -2.27. The Bertz CT molecular complexity index is 1410. The van der Waals surface area contributed by atoms with Gasteiger partial charge in [-0.25, -0.2) is 4.57 Å². The molecule has 0 saturated heterocycles. The third kappa shape index (κ3) is 58.7. The van der Waals surface area contributed by atoms with E-state index in [2.05, 4.69) is 50.4 Å². The molecule has 1 amide bonds. The molecule has 0 rings (SSSR count). The number of hydrogen-bond acceptors (Lipinski definition) is 6. The van der Waals surface area contributed by atoms with E-state index in [-0.39, 0.29) is 25.1 Å². The molecule has 0 fully saturated rings. The van der Waals surface area contributed by atoms with Crippen molar-refractivity contribution in [1.82, 2.24) is 5.32 Å². The van der Waals surface area contributed by atoms with Gasteiger partial charge in [0.15, 0.2) is 0 Å². The number of ether oxygens (including phenoxy) is 1. The largest absolute Gasteiger partial charge is 0.472 e. The molecule has 9 nitrogen and oxygen atoms in total. The lowest BCUT2D eigenvalue weighted by atomic mass is 10.0. The number of rotatable bonds is 61. The van der Waals surface area contributed by atoms with Crippen LogP contribution in [0.15, 0.2) is 36.5 Å². The Hall–Kier alpha value is -1.77. The Morgan fingerprint density at radius 3 is 1.19 bits per heavy atom. The molecule has 0 aromatic carbocycles. The van der Waals surface area contributed by atoms with E-state index < -0.39 is 20.0 Å². The van der Waals surface area contributed by atoms with Gasteiger partial charge in [0.05, 0.1) is 33.8 Å². The van der Waals surface area contributed by atoms with Gasteiger partial charge in [-0.2, -0.15) is 0 Å². The van der Waals surface area contributed by atoms with Crippen molar-refractivity contribution >= 4 is 19.7 Å². The number of nitrogens with one attached hydrogen (secondary N) is 1. The molecule has 0 saturated carbocycles. The van der Waals surface area contributed by atoms with E-state index in [1.807, 2.05) is 33.3 Å². The van der Waals surface area contributed by atoms with Crippen LogP contribution in [0, 0.1) is 0 Å². The van der Waals surface area contributed by atoms with E-state index in [9.17, 15) is 19.0 Å². The molecule has 10 heteroatoms. The number of quaternary nitrogens is 1. The molecule has 0 aromatic heterocycles. The number of phosphoric acid groups is 1. The first-order valence-corrected chi connectivity index (χ1v) is 34.8. The summed E-state index contributed by atoms with van der Waals surface area (Å²) in [6.07, 6.45) is 70.0. The quantitative estimate of drug-likeness (QED) is 0.0205. The van der Waals surface area contributed by atoms with E-state index in [4.69, 9.17) is 13.8 Å². The molecule has 0 aliphatic rings. The van der Waals surface area contributed by atoms with Gasteiger partial charge in [-0.1, -0.05) is 289 Å². The standard InChI is InChI=1S/C67H129N2O7P/c1-7-10-13-16-19-22-25-28-30-31-32-33-34-35-36-37-38-39-40-42-45-48-51-54-57-60-67(71)76-65(58-55-52-49-46-43-27-24-21-18-15-12-9-3)64(63-75-77(72,73)74-62-61-69(4,5)6)68-66(70)59-56-53-50-47-44-41-29-26-23-20-17-14-11-8-2/h19,22,28,30,55,58,64-65H,7-18,20-21,23-27,29,31-54,56-57,59-63H2,1-6H3,(H-,68,70,72,73)/p+1/b22-19-,30-28-,58-55-. The van der Waals surface area contributed by atoms with E-state index in [0.717, 1.165) is 64.2 Å². The second kappa shape index (κ2) is 57.5. The van der Waals surface area contributed by atoms with Crippen LogP contribution in [0.25, 0.3) is 0 Å². The summed E-state index contributed by atoms with van der Waals surface area (Å²) in [5, 5.41) is 3.07. The number of nitrogens with zero attached hydrogens (tertiary/aromatic N) is 1. The minimum atomic E-state index is -4.44. The van der Waals surface area contributed by atoms with Gasteiger partial charge in [0.2, 0.25) is 5.91 Å². The van der Waals surface area contributed by atoms with Gasteiger partial charge < -0.3 is 19.4 Å². The molecule has 3 atom stereocenters. The Morgan fingerprint density at radius 1 is 0.455 bits per heavy atom. The smallest absolute Gasteiger partial charge is 0.456 e. The first kappa shape index (κ1) is 75.2. The maximum atomic E-state index is 13.5. The van der Waals surface area contributed by atoms with E-state index in [1.54, 1.807) is 0 Å². The van der Waals surface area contributed by atoms with Gasteiger partial charge in [-0.05, 0) is 63.9 Å². The van der Waals surface area contributed by atoms with Gasteiger partial charge in [0.25, 0.3) is 0 Å². The molecule has 0 aliphatic heterocycles. The zero-order valence-electron chi connectivity index (χ0n) is 52.0. The van der Waals surface area contributed by atoms with Crippen LogP contribution < -0.4 is 5.32 Å². The fourth-order valence-corrected chi connectivity index (χ4v) is 10.7. The summed E-state index contributed by atoms with van der Waals surface area (Å²) < 4.78 is 30.7. The molecule has 0 aliphatic carbocycles. The van der Waals surface area contributed by atoms with Crippen molar-refractivity contribution in [1.29, 1.82) is 0 Å². The van der Waals surface area contributed by atoms with Crippen LogP contribution >= 0.6 is 7.82 Å². The fourth-order valence-electron chi connectivity index (χ4n) is 9.91. The number of carbonyl (C=O) groups excluding carboxylic acids is 2. The van der Waals surface area contributed by atoms with Crippen LogP contribution in [0.4, 0.5) is 0 Å². The van der Waals surface area contributed by atoms with Crippen LogP contribution in [0.2, 0.25) is 0 Å². The second-order valence-electron chi connectivity index (χ2n) is 24.0. The topological polar surface area (TPSA) is 111 Å². The van der Waals surface area contributed by atoms with Crippen molar-refractivity contribution in [2.24, 2.45) is 0 Å². The zero-order chi connectivity index (χ0) is 56.4. The highest BCUT2D eigenvalue weighted by Gasteiger charge is 2.30. The number of carbonyl (C=O) groups is 2. The van der Waals surface area contributed by atoms with Gasteiger partial charge in [0, 0.05) is 12.8 Å². The molecule has 454 valence electrons. The van der Waals surface area contributed by atoms with Crippen LogP contribution in [0.3, 0.4) is 0 Å². The molecule has 77 heavy (non-hydrogen) atoms. The number of esters is 1. The van der Waals surface area contributed by atoms with E-state index in [1.165, 1.54) is 231 Å². The van der Waals surface area contributed by atoms with Crippen molar-refractivity contribution in [3.8, 4) is 0 Å². The molecule has 0 radical (unpaired) electrons. The van der Waals surface area contributed by atoms with Crippen LogP contribution in [0.1, 0.15) is 329 Å². The minimum absolute atomic E-state index is 0.0434. The fraction of sp³-hybridized carbons (Fsp3) is 0.881. The monoisotopic (exact) mass is 1110 g/mol. The molecule has 0 spiro atoms. The van der Waals surface area contributed by atoms with Crippen LogP contribution in [0.5, 0.6) is 0 Å². The van der Waals surface area contributed by atoms with Crippen molar-refractivity contribution in [2.75, 3.05) is 40.9 Å². The van der Waals surface area contributed by atoms with Gasteiger partial charge in [-0.15, -0.1) is 0 Å². The molecule has 0 aromatic rings. The predicted octanol–water partition coefficient (Wildman–Crippen LogP) is 20.7. The average Bonchev–Trinajstić information content (AvgIpc) is 3.39. The summed E-state index contributed by atoms with van der Waals surface area (Å²) in [5.74, 6) is -0.488. The molecular formula is C67H130N2O7P+.